The quantitative estimate of drug-likeness (QED) is 0.288. The van der Waals surface area contributed by atoms with E-state index >= 15 is 0 Å². The lowest BCUT2D eigenvalue weighted by Crippen LogP contribution is -2.47. The lowest BCUT2D eigenvalue weighted by atomic mass is 9.80. The number of piperidine rings is 1. The fourth-order valence-electron chi connectivity index (χ4n) is 7.17. The summed E-state index contributed by atoms with van der Waals surface area (Å²) in [6.45, 7) is 8.07. The maximum Gasteiger partial charge on any atom is 0.275 e. The van der Waals surface area contributed by atoms with Gasteiger partial charge in [0.2, 0.25) is 0 Å². The summed E-state index contributed by atoms with van der Waals surface area (Å²) >= 11 is 0. The van der Waals surface area contributed by atoms with Gasteiger partial charge in [-0.2, -0.15) is 5.26 Å². The molecule has 0 amide bonds. The summed E-state index contributed by atoms with van der Waals surface area (Å²) in [7, 11) is 0. The Labute approximate surface area is 254 Å². The standard InChI is InChI=1S/C36H40N4O3/c1-3-17-40-31-21-27(34(41)26-8-5-9-26)13-14-30(31)38-33(40)23-39-18-15-25(16-19-39)29-11-6-12-32-35(29)43-36(2,42-32)28-10-4-7-24(20-28)22-37/h4,6-7,10-14,20-21,25-26,33,38H,3,5,8-9,15-19,23H2,1-2H3. The van der Waals surface area contributed by atoms with Crippen LogP contribution in [0.2, 0.25) is 0 Å². The first-order valence-corrected chi connectivity index (χ1v) is 15.9. The van der Waals surface area contributed by atoms with E-state index in [9.17, 15) is 10.1 Å². The fraction of sp³-hybridized carbons (Fsp3) is 0.444. The van der Waals surface area contributed by atoms with E-state index in [1.165, 1.54) is 17.7 Å². The molecule has 3 aromatic carbocycles. The average molecular weight is 577 g/mol. The zero-order valence-electron chi connectivity index (χ0n) is 25.1. The Morgan fingerprint density at radius 1 is 1.05 bits per heavy atom. The van der Waals surface area contributed by atoms with Gasteiger partial charge in [0.25, 0.3) is 5.79 Å². The summed E-state index contributed by atoms with van der Waals surface area (Å²) in [5, 5.41) is 13.1. The number of likely N-dealkylation sites (tertiary alicyclic amines) is 1. The van der Waals surface area contributed by atoms with Gasteiger partial charge in [-0.15, -0.1) is 0 Å². The summed E-state index contributed by atoms with van der Waals surface area (Å²) in [5.74, 6) is 1.57. The van der Waals surface area contributed by atoms with Crippen molar-refractivity contribution in [2.75, 3.05) is 36.4 Å². The van der Waals surface area contributed by atoms with Crippen molar-refractivity contribution in [3.63, 3.8) is 0 Å². The molecule has 3 heterocycles. The highest BCUT2D eigenvalue weighted by molar-refractivity contribution is 6.00. The largest absolute Gasteiger partial charge is 0.445 e. The number of hydrogen-bond donors (Lipinski definition) is 1. The number of ether oxygens (including phenoxy) is 2. The molecule has 3 aromatic rings. The summed E-state index contributed by atoms with van der Waals surface area (Å²) in [5.41, 5.74) is 5.81. The molecule has 0 aromatic heterocycles. The highest BCUT2D eigenvalue weighted by Gasteiger charge is 2.41. The van der Waals surface area contributed by atoms with E-state index < -0.39 is 5.79 Å². The van der Waals surface area contributed by atoms with Crippen LogP contribution in [-0.4, -0.2) is 43.0 Å². The van der Waals surface area contributed by atoms with Crippen molar-refractivity contribution in [3.05, 3.63) is 82.9 Å². The smallest absolute Gasteiger partial charge is 0.275 e. The van der Waals surface area contributed by atoms with Gasteiger partial charge in [-0.3, -0.25) is 9.69 Å². The number of Topliss-reactive ketones (excluding diaryl/α,β-unsaturated/α-hetero) is 1. The van der Waals surface area contributed by atoms with Gasteiger partial charge >= 0.3 is 0 Å². The molecule has 0 spiro atoms. The maximum absolute atomic E-state index is 13.0. The topological polar surface area (TPSA) is 77.8 Å². The van der Waals surface area contributed by atoms with Gasteiger partial charge in [-0.05, 0) is 87.5 Å². The minimum absolute atomic E-state index is 0.197. The third-order valence-electron chi connectivity index (χ3n) is 9.82. The molecule has 3 aliphatic heterocycles. The number of carbonyl (C=O) groups is 1. The number of hydrogen-bond acceptors (Lipinski definition) is 7. The minimum atomic E-state index is -0.958. The Kier molecular flexibility index (Phi) is 7.26. The molecular weight excluding hydrogens is 536 g/mol. The van der Waals surface area contributed by atoms with Crippen molar-refractivity contribution in [2.45, 2.75) is 70.2 Å². The number of nitrogens with zero attached hydrogens (tertiary/aromatic N) is 3. The van der Waals surface area contributed by atoms with Gasteiger partial charge < -0.3 is 19.7 Å². The van der Waals surface area contributed by atoms with Crippen molar-refractivity contribution in [2.24, 2.45) is 5.92 Å². The lowest BCUT2D eigenvalue weighted by molar-refractivity contribution is -0.0685. The third kappa shape index (κ3) is 5.12. The zero-order chi connectivity index (χ0) is 29.6. The molecule has 4 aliphatic rings. The predicted molar refractivity (Wildman–Crippen MR) is 168 cm³/mol. The molecule has 2 unspecified atom stereocenters. The first kappa shape index (κ1) is 27.8. The van der Waals surface area contributed by atoms with Crippen LogP contribution in [0, 0.1) is 17.2 Å². The van der Waals surface area contributed by atoms with E-state index in [0.29, 0.717) is 17.3 Å². The van der Waals surface area contributed by atoms with Crippen LogP contribution in [0.25, 0.3) is 0 Å². The van der Waals surface area contributed by atoms with Crippen LogP contribution in [0.4, 0.5) is 11.4 Å². The molecule has 1 aliphatic carbocycles. The van der Waals surface area contributed by atoms with Crippen LogP contribution in [0.3, 0.4) is 0 Å². The highest BCUT2D eigenvalue weighted by atomic mass is 16.7. The first-order chi connectivity index (χ1) is 21.0. The van der Waals surface area contributed by atoms with Crippen molar-refractivity contribution in [3.8, 4) is 17.6 Å². The van der Waals surface area contributed by atoms with Crippen LogP contribution in [0.5, 0.6) is 11.5 Å². The summed E-state index contributed by atoms with van der Waals surface area (Å²) in [6.07, 6.45) is 6.60. The number of anilines is 2. The predicted octanol–water partition coefficient (Wildman–Crippen LogP) is 7.03. The fourth-order valence-corrected chi connectivity index (χ4v) is 7.17. The monoisotopic (exact) mass is 576 g/mol. The van der Waals surface area contributed by atoms with E-state index in [-0.39, 0.29) is 12.1 Å². The zero-order valence-corrected chi connectivity index (χ0v) is 25.1. The van der Waals surface area contributed by atoms with E-state index in [4.69, 9.17) is 9.47 Å². The van der Waals surface area contributed by atoms with Crippen LogP contribution in [0.1, 0.15) is 85.3 Å². The second kappa shape index (κ2) is 11.2. The minimum Gasteiger partial charge on any atom is -0.445 e. The second-order valence-electron chi connectivity index (χ2n) is 12.7. The molecule has 7 heteroatoms. The van der Waals surface area contributed by atoms with E-state index in [2.05, 4.69) is 52.4 Å². The first-order valence-electron chi connectivity index (χ1n) is 15.9. The molecule has 1 N–H and O–H groups in total. The van der Waals surface area contributed by atoms with Crippen molar-refractivity contribution in [1.82, 2.24) is 4.90 Å². The molecule has 1 saturated carbocycles. The molecule has 2 fully saturated rings. The average Bonchev–Trinajstić information content (AvgIpc) is 3.53. The highest BCUT2D eigenvalue weighted by Crippen LogP contribution is 2.49. The summed E-state index contributed by atoms with van der Waals surface area (Å²) in [4.78, 5) is 18.0. The van der Waals surface area contributed by atoms with Crippen molar-refractivity contribution < 1.29 is 14.3 Å². The van der Waals surface area contributed by atoms with Gasteiger partial charge in [0.15, 0.2) is 17.3 Å². The molecular formula is C36H40N4O3. The van der Waals surface area contributed by atoms with Gasteiger partial charge in [-0.25, -0.2) is 0 Å². The van der Waals surface area contributed by atoms with Gasteiger partial charge in [0.1, 0.15) is 6.17 Å². The van der Waals surface area contributed by atoms with E-state index in [1.54, 1.807) is 6.07 Å². The van der Waals surface area contributed by atoms with E-state index in [1.807, 2.05) is 37.3 Å². The van der Waals surface area contributed by atoms with E-state index in [0.717, 1.165) is 86.6 Å². The van der Waals surface area contributed by atoms with Crippen LogP contribution in [0.15, 0.2) is 60.7 Å². The number of carbonyl (C=O) groups excluding carboxylic acids is 1. The Bertz CT molecular complexity index is 1570. The SMILES string of the molecule is CCCN1c2cc(C(=O)C3CCC3)ccc2NC1CN1CCC(c2cccc3c2OC(C)(c2cccc(C#N)c2)O3)CC1. The molecule has 43 heavy (non-hydrogen) atoms. The molecule has 7 nitrogen and oxygen atoms in total. The van der Waals surface area contributed by atoms with Gasteiger partial charge in [0, 0.05) is 42.6 Å². The molecule has 0 radical (unpaired) electrons. The molecule has 222 valence electrons. The Morgan fingerprint density at radius 3 is 2.60 bits per heavy atom. The molecule has 0 bridgehead atoms. The number of benzene rings is 3. The van der Waals surface area contributed by atoms with Crippen molar-refractivity contribution >= 4 is 17.2 Å². The normalized spacial score (nSPS) is 23.4. The second-order valence-corrected chi connectivity index (χ2v) is 12.7. The summed E-state index contributed by atoms with van der Waals surface area (Å²) in [6, 6.07) is 22.2. The lowest BCUT2D eigenvalue weighted by Gasteiger charge is -2.36. The number of para-hydroxylation sites is 1. The molecule has 7 rings (SSSR count). The Morgan fingerprint density at radius 2 is 1.86 bits per heavy atom. The third-order valence-corrected chi connectivity index (χ3v) is 9.82. The number of rotatable bonds is 8. The van der Waals surface area contributed by atoms with Crippen LogP contribution >= 0.6 is 0 Å². The Balaban J connectivity index is 1.01. The van der Waals surface area contributed by atoms with Gasteiger partial charge in [-0.1, -0.05) is 37.6 Å². The Hall–Kier alpha value is -4.02. The maximum atomic E-state index is 13.0. The molecule has 1 saturated heterocycles. The number of nitriles is 1. The van der Waals surface area contributed by atoms with Crippen LogP contribution in [-0.2, 0) is 5.79 Å². The number of fused-ring (bicyclic) bond motifs is 2. The molecule has 2 atom stereocenters. The van der Waals surface area contributed by atoms with Crippen molar-refractivity contribution in [1.29, 1.82) is 5.26 Å². The number of ketones is 1. The van der Waals surface area contributed by atoms with Crippen LogP contribution < -0.4 is 19.7 Å². The number of nitrogens with one attached hydrogen (secondary N) is 1. The summed E-state index contributed by atoms with van der Waals surface area (Å²) < 4.78 is 12.9. The van der Waals surface area contributed by atoms with Gasteiger partial charge in [0.05, 0.1) is 23.0 Å².